The van der Waals surface area contributed by atoms with Gasteiger partial charge in [0, 0.05) is 16.2 Å². The Balaban J connectivity index is 2.06. The van der Waals surface area contributed by atoms with E-state index < -0.39 is 24.4 Å². The highest BCUT2D eigenvalue weighted by atomic mass is 19.1. The molecule has 31 heavy (non-hydrogen) atoms. The van der Waals surface area contributed by atoms with E-state index in [1.807, 2.05) is 0 Å². The second kappa shape index (κ2) is 10.2. The zero-order chi connectivity index (χ0) is 22.2. The molecule has 0 atom stereocenters. The Morgan fingerprint density at radius 3 is 1.87 bits per heavy atom. The summed E-state index contributed by atoms with van der Waals surface area (Å²) in [5, 5.41) is 1.63. The van der Waals surface area contributed by atoms with Crippen molar-refractivity contribution in [3.8, 4) is 11.5 Å². The van der Waals surface area contributed by atoms with Gasteiger partial charge in [-0.15, -0.1) is 0 Å². The van der Waals surface area contributed by atoms with Crippen molar-refractivity contribution in [1.29, 1.82) is 0 Å². The van der Waals surface area contributed by atoms with Crippen molar-refractivity contribution < 1.29 is 32.9 Å². The Kier molecular flexibility index (Phi) is 7.22. The molecule has 3 aromatic rings. The van der Waals surface area contributed by atoms with Gasteiger partial charge in [-0.05, 0) is 6.07 Å². The second-order valence-corrected chi connectivity index (χ2v) is 6.39. The van der Waals surface area contributed by atoms with Crippen LogP contribution in [-0.4, -0.2) is 38.4 Å². The summed E-state index contributed by atoms with van der Waals surface area (Å²) in [7, 11) is 0. The van der Waals surface area contributed by atoms with Crippen molar-refractivity contribution in [3.05, 3.63) is 73.6 Å². The molecule has 3 rings (SSSR count). The highest BCUT2D eigenvalue weighted by molar-refractivity contribution is 6.11. The van der Waals surface area contributed by atoms with Gasteiger partial charge >= 0.3 is 11.9 Å². The summed E-state index contributed by atoms with van der Waals surface area (Å²) in [6, 6.07) is 11.5. The molecule has 0 heterocycles. The average Bonchev–Trinajstić information content (AvgIpc) is 2.78. The van der Waals surface area contributed by atoms with E-state index in [0.717, 1.165) is 0 Å². The summed E-state index contributed by atoms with van der Waals surface area (Å²) in [4.78, 5) is 23.8. The molecule has 0 aromatic heterocycles. The average molecular weight is 424 g/mol. The van der Waals surface area contributed by atoms with Gasteiger partial charge in [0.1, 0.15) is 30.5 Å². The first-order valence-electron chi connectivity index (χ1n) is 9.48. The molecular formula is C24H21FO6. The summed E-state index contributed by atoms with van der Waals surface area (Å²) in [6.07, 6.45) is 2.89. The van der Waals surface area contributed by atoms with Crippen molar-refractivity contribution in [1.82, 2.24) is 0 Å². The van der Waals surface area contributed by atoms with Gasteiger partial charge in [-0.2, -0.15) is 0 Å². The highest BCUT2D eigenvalue weighted by Gasteiger charge is 2.20. The Labute approximate surface area is 178 Å². The van der Waals surface area contributed by atoms with E-state index in [0.29, 0.717) is 21.9 Å². The maximum Gasteiger partial charge on any atom is 0.344 e. The van der Waals surface area contributed by atoms with Crippen LogP contribution in [-0.2, 0) is 19.1 Å². The summed E-state index contributed by atoms with van der Waals surface area (Å²) < 4.78 is 36.2. The number of ether oxygens (including phenoxy) is 4. The van der Waals surface area contributed by atoms with Crippen LogP contribution in [0.5, 0.6) is 11.5 Å². The molecule has 0 unspecified atom stereocenters. The van der Waals surface area contributed by atoms with Crippen LogP contribution in [0.2, 0.25) is 0 Å². The van der Waals surface area contributed by atoms with Gasteiger partial charge < -0.3 is 18.9 Å². The number of fused-ring (bicyclic) bond motifs is 2. The Morgan fingerprint density at radius 2 is 1.29 bits per heavy atom. The van der Waals surface area contributed by atoms with Gasteiger partial charge in [-0.3, -0.25) is 0 Å². The van der Waals surface area contributed by atoms with E-state index in [2.05, 4.69) is 13.2 Å². The number of hydrogen-bond acceptors (Lipinski definition) is 6. The van der Waals surface area contributed by atoms with E-state index >= 15 is 0 Å². The number of rotatable bonds is 10. The maximum absolute atomic E-state index is 14.9. The van der Waals surface area contributed by atoms with Gasteiger partial charge in [-0.25, -0.2) is 14.0 Å². The van der Waals surface area contributed by atoms with E-state index in [1.54, 1.807) is 30.3 Å². The lowest BCUT2D eigenvalue weighted by Gasteiger charge is -2.17. The molecule has 0 fully saturated rings. The van der Waals surface area contributed by atoms with Crippen LogP contribution in [0.3, 0.4) is 0 Å². The lowest BCUT2D eigenvalue weighted by atomic mass is 10.00. The summed E-state index contributed by atoms with van der Waals surface area (Å²) >= 11 is 0. The van der Waals surface area contributed by atoms with Gasteiger partial charge in [-0.1, -0.05) is 61.7 Å². The number of esters is 2. The van der Waals surface area contributed by atoms with Crippen LogP contribution in [0, 0.1) is 5.82 Å². The molecule has 0 aliphatic heterocycles. The van der Waals surface area contributed by atoms with E-state index in [4.69, 9.17) is 18.9 Å². The molecule has 0 radical (unpaired) electrons. The number of halogens is 1. The molecule has 160 valence electrons. The fraction of sp³-hybridized carbons (Fsp3) is 0.167. The Hall–Kier alpha value is -3.87. The highest BCUT2D eigenvalue weighted by Crippen LogP contribution is 2.43. The summed E-state index contributed by atoms with van der Waals surface area (Å²) in [5.74, 6) is -1.27. The normalized spacial score (nSPS) is 10.5. The SMILES string of the molecule is C=CCOC(=O)COc1c2ccccc2c(OCC(=O)OCC=C)c2c(F)cccc12. The minimum atomic E-state index is -0.612. The fourth-order valence-electron chi connectivity index (χ4n) is 3.06. The lowest BCUT2D eigenvalue weighted by Crippen LogP contribution is -2.16. The largest absolute Gasteiger partial charge is 0.481 e. The molecule has 0 bridgehead atoms. The molecule has 0 aliphatic rings. The van der Waals surface area contributed by atoms with E-state index in [-0.39, 0.29) is 31.0 Å². The smallest absolute Gasteiger partial charge is 0.344 e. The first-order chi connectivity index (χ1) is 15.1. The molecule has 3 aromatic carbocycles. The van der Waals surface area contributed by atoms with Crippen LogP contribution in [0.25, 0.3) is 21.5 Å². The van der Waals surface area contributed by atoms with E-state index in [9.17, 15) is 14.0 Å². The maximum atomic E-state index is 14.9. The van der Waals surface area contributed by atoms with Crippen LogP contribution < -0.4 is 9.47 Å². The first kappa shape index (κ1) is 21.8. The number of carbonyl (C=O) groups is 2. The van der Waals surface area contributed by atoms with E-state index in [1.165, 1.54) is 24.3 Å². The summed E-state index contributed by atoms with van der Waals surface area (Å²) in [6.45, 7) is 6.31. The van der Waals surface area contributed by atoms with Crippen LogP contribution >= 0.6 is 0 Å². The Bertz CT molecular complexity index is 1140. The van der Waals surface area contributed by atoms with Crippen molar-refractivity contribution in [3.63, 3.8) is 0 Å². The quantitative estimate of drug-likeness (QED) is 0.274. The van der Waals surface area contributed by atoms with Crippen LogP contribution in [0.4, 0.5) is 4.39 Å². The second-order valence-electron chi connectivity index (χ2n) is 6.39. The molecule has 0 amide bonds. The topological polar surface area (TPSA) is 71.1 Å². The minimum Gasteiger partial charge on any atom is -0.481 e. The third-order valence-electron chi connectivity index (χ3n) is 4.29. The van der Waals surface area contributed by atoms with Crippen molar-refractivity contribution >= 4 is 33.5 Å². The molecule has 0 spiro atoms. The fourth-order valence-corrected chi connectivity index (χ4v) is 3.06. The van der Waals surface area contributed by atoms with Crippen molar-refractivity contribution in [2.45, 2.75) is 0 Å². The van der Waals surface area contributed by atoms with Gasteiger partial charge in [0.2, 0.25) is 0 Å². The van der Waals surface area contributed by atoms with Crippen LogP contribution in [0.15, 0.2) is 67.8 Å². The Morgan fingerprint density at radius 1 is 0.774 bits per heavy atom. The third kappa shape index (κ3) is 5.01. The predicted octanol–water partition coefficient (Wildman–Crippen LogP) is 4.35. The molecular weight excluding hydrogens is 403 g/mol. The molecule has 7 heteroatoms. The van der Waals surface area contributed by atoms with Gasteiger partial charge in [0.25, 0.3) is 0 Å². The molecule has 0 N–H and O–H groups in total. The third-order valence-corrected chi connectivity index (χ3v) is 4.29. The molecule has 0 saturated carbocycles. The zero-order valence-corrected chi connectivity index (χ0v) is 16.8. The van der Waals surface area contributed by atoms with Crippen molar-refractivity contribution in [2.75, 3.05) is 26.4 Å². The molecule has 6 nitrogen and oxygen atoms in total. The minimum absolute atomic E-state index is 0.0484. The van der Waals surface area contributed by atoms with Gasteiger partial charge in [0.15, 0.2) is 13.2 Å². The summed E-state index contributed by atoms with van der Waals surface area (Å²) in [5.41, 5.74) is 0. The lowest BCUT2D eigenvalue weighted by molar-refractivity contribution is -0.145. The number of carbonyl (C=O) groups excluding carboxylic acids is 2. The number of hydrogen-bond donors (Lipinski definition) is 0. The predicted molar refractivity (Wildman–Crippen MR) is 115 cm³/mol. The van der Waals surface area contributed by atoms with Gasteiger partial charge in [0.05, 0.1) is 5.39 Å². The zero-order valence-electron chi connectivity index (χ0n) is 16.8. The monoisotopic (exact) mass is 424 g/mol. The molecule has 0 saturated heterocycles. The van der Waals surface area contributed by atoms with Crippen molar-refractivity contribution in [2.24, 2.45) is 0 Å². The standard InChI is InChI=1S/C24H21FO6/c1-3-12-28-20(26)14-30-23-16-8-5-6-9-17(16)24(31-15-21(27)29-13-4-2)22-18(23)10-7-11-19(22)25/h3-11H,1-2,12-15H2. The number of benzene rings is 3. The molecule has 0 aliphatic carbocycles. The van der Waals surface area contributed by atoms with Crippen LogP contribution in [0.1, 0.15) is 0 Å². The first-order valence-corrected chi connectivity index (χ1v) is 9.48.